The average Bonchev–Trinajstić information content (AvgIpc) is 2.51. The summed E-state index contributed by atoms with van der Waals surface area (Å²) in [7, 11) is 0. The lowest BCUT2D eigenvalue weighted by Crippen LogP contribution is -2.37. The average molecular weight is 239 g/mol. The molecule has 0 fully saturated rings. The molecule has 0 amide bonds. The van der Waals surface area contributed by atoms with Crippen LogP contribution in [-0.2, 0) is 6.42 Å². The zero-order valence-electron chi connectivity index (χ0n) is 9.93. The quantitative estimate of drug-likeness (QED) is 0.671. The van der Waals surface area contributed by atoms with Crippen molar-refractivity contribution in [2.24, 2.45) is 0 Å². The van der Waals surface area contributed by atoms with Crippen LogP contribution in [0.3, 0.4) is 0 Å². The highest BCUT2D eigenvalue weighted by atomic mass is 17.0. The van der Waals surface area contributed by atoms with E-state index in [-0.39, 0.29) is 0 Å². The molecule has 0 aliphatic carbocycles. The van der Waals surface area contributed by atoms with Gasteiger partial charge in [-0.05, 0) is 37.6 Å². The molecule has 1 heterocycles. The van der Waals surface area contributed by atoms with Crippen LogP contribution in [0.5, 0.6) is 11.5 Å². The number of ether oxygens (including phenoxy) is 2. The zero-order chi connectivity index (χ0) is 12.5. The Bertz CT molecular complexity index is 405. The van der Waals surface area contributed by atoms with Crippen molar-refractivity contribution in [3.63, 3.8) is 0 Å². The Kier molecular flexibility index (Phi) is 3.24. The Morgan fingerprint density at radius 2 is 2.00 bits per heavy atom. The number of likely N-dealkylation sites (N-methyl/N-ethyl adjacent to an activating group) is 1. The Hall–Kier alpha value is -1.30. The molecule has 1 atom stereocenters. The van der Waals surface area contributed by atoms with Crippen LogP contribution in [0.4, 0.5) is 0 Å². The van der Waals surface area contributed by atoms with E-state index in [4.69, 9.17) is 9.47 Å². The Balaban J connectivity index is 2.08. The highest BCUT2D eigenvalue weighted by molar-refractivity contribution is 5.45. The SMILES string of the molecule is CCN[C@@H](C)Cc1ccc2c(c1)OC(O)(O)O2. The predicted octanol–water partition coefficient (Wildman–Crippen LogP) is 0.594. The Labute approximate surface area is 100.0 Å². The standard InChI is InChI=1S/C12H17NO4/c1-3-13-8(2)6-9-4-5-10-11(7-9)17-12(14,15)16-10/h4-5,7-8,13-15H,3,6H2,1-2H3/t8-/m0/s1. The summed E-state index contributed by atoms with van der Waals surface area (Å²) in [6.45, 7) is 5.07. The lowest BCUT2D eigenvalue weighted by Gasteiger charge is -2.12. The summed E-state index contributed by atoms with van der Waals surface area (Å²) in [4.78, 5) is 0. The van der Waals surface area contributed by atoms with E-state index in [1.54, 1.807) is 12.1 Å². The van der Waals surface area contributed by atoms with Gasteiger partial charge < -0.3 is 14.8 Å². The van der Waals surface area contributed by atoms with Gasteiger partial charge in [0.2, 0.25) is 0 Å². The molecule has 0 saturated carbocycles. The van der Waals surface area contributed by atoms with Crippen LogP contribution in [0.2, 0.25) is 0 Å². The maximum atomic E-state index is 9.17. The number of benzene rings is 1. The number of rotatable bonds is 4. The van der Waals surface area contributed by atoms with E-state index >= 15 is 0 Å². The smallest absolute Gasteiger partial charge is 0.403 e. The molecular formula is C12H17NO4. The number of hydrogen-bond acceptors (Lipinski definition) is 5. The number of hydrogen-bond donors (Lipinski definition) is 3. The summed E-state index contributed by atoms with van der Waals surface area (Å²) in [6.07, 6.45) is -1.69. The van der Waals surface area contributed by atoms with Crippen LogP contribution < -0.4 is 14.8 Å². The topological polar surface area (TPSA) is 71.0 Å². The maximum Gasteiger partial charge on any atom is 0.505 e. The molecule has 0 aromatic heterocycles. The summed E-state index contributed by atoms with van der Waals surface area (Å²) >= 11 is 0. The van der Waals surface area contributed by atoms with Gasteiger partial charge in [0.1, 0.15) is 0 Å². The normalized spacial score (nSPS) is 18.1. The molecule has 0 saturated heterocycles. The van der Waals surface area contributed by atoms with Crippen molar-refractivity contribution in [3.05, 3.63) is 23.8 Å². The van der Waals surface area contributed by atoms with Crippen molar-refractivity contribution in [3.8, 4) is 11.5 Å². The van der Waals surface area contributed by atoms with E-state index in [1.807, 2.05) is 6.07 Å². The molecule has 0 bridgehead atoms. The third-order valence-corrected chi connectivity index (χ3v) is 2.59. The minimum absolute atomic E-state index is 0.342. The highest BCUT2D eigenvalue weighted by Gasteiger charge is 2.38. The third-order valence-electron chi connectivity index (χ3n) is 2.59. The van der Waals surface area contributed by atoms with E-state index in [9.17, 15) is 10.2 Å². The van der Waals surface area contributed by atoms with Gasteiger partial charge in [-0.3, -0.25) is 10.2 Å². The molecule has 2 rings (SSSR count). The van der Waals surface area contributed by atoms with Crippen molar-refractivity contribution in [2.45, 2.75) is 32.5 Å². The second-order valence-electron chi connectivity index (χ2n) is 4.20. The fourth-order valence-corrected chi connectivity index (χ4v) is 1.93. The molecule has 1 aromatic carbocycles. The van der Waals surface area contributed by atoms with Gasteiger partial charge in [0, 0.05) is 6.04 Å². The molecule has 1 aliphatic rings. The minimum Gasteiger partial charge on any atom is -0.403 e. The molecule has 0 spiro atoms. The minimum atomic E-state index is -2.53. The first-order valence-electron chi connectivity index (χ1n) is 5.69. The van der Waals surface area contributed by atoms with Crippen LogP contribution >= 0.6 is 0 Å². The first-order valence-corrected chi connectivity index (χ1v) is 5.69. The van der Waals surface area contributed by atoms with E-state index in [1.165, 1.54) is 0 Å². The second kappa shape index (κ2) is 4.52. The van der Waals surface area contributed by atoms with Crippen LogP contribution in [0, 0.1) is 0 Å². The van der Waals surface area contributed by atoms with Gasteiger partial charge in [-0.2, -0.15) is 0 Å². The van der Waals surface area contributed by atoms with Crippen LogP contribution in [0.25, 0.3) is 0 Å². The lowest BCUT2D eigenvalue weighted by molar-refractivity contribution is -0.385. The van der Waals surface area contributed by atoms with Gasteiger partial charge in [-0.25, -0.2) is 0 Å². The van der Waals surface area contributed by atoms with E-state index in [2.05, 4.69) is 19.2 Å². The van der Waals surface area contributed by atoms with Gasteiger partial charge in [0.25, 0.3) is 0 Å². The fraction of sp³-hybridized carbons (Fsp3) is 0.500. The number of aliphatic hydroxyl groups is 2. The Morgan fingerprint density at radius 3 is 2.71 bits per heavy atom. The summed E-state index contributed by atoms with van der Waals surface area (Å²) in [5, 5.41) is 21.7. The van der Waals surface area contributed by atoms with Crippen molar-refractivity contribution in [2.75, 3.05) is 6.54 Å². The third kappa shape index (κ3) is 2.88. The lowest BCUT2D eigenvalue weighted by atomic mass is 10.1. The van der Waals surface area contributed by atoms with Crippen molar-refractivity contribution in [1.82, 2.24) is 5.32 Å². The summed E-state index contributed by atoms with van der Waals surface area (Å²) < 4.78 is 9.62. The molecule has 5 nitrogen and oxygen atoms in total. The van der Waals surface area contributed by atoms with E-state index in [0.29, 0.717) is 17.5 Å². The molecule has 0 radical (unpaired) electrons. The highest BCUT2D eigenvalue weighted by Crippen LogP contribution is 2.37. The molecule has 0 unspecified atom stereocenters. The predicted molar refractivity (Wildman–Crippen MR) is 61.7 cm³/mol. The summed E-state index contributed by atoms with van der Waals surface area (Å²) in [5.74, 6) is 0.700. The number of fused-ring (bicyclic) bond motifs is 1. The monoisotopic (exact) mass is 239 g/mol. The Morgan fingerprint density at radius 1 is 1.29 bits per heavy atom. The van der Waals surface area contributed by atoms with E-state index < -0.39 is 6.16 Å². The molecule has 94 valence electrons. The molecule has 1 aromatic rings. The van der Waals surface area contributed by atoms with Gasteiger partial charge in [-0.15, -0.1) is 0 Å². The van der Waals surface area contributed by atoms with Gasteiger partial charge in [0.05, 0.1) is 0 Å². The summed E-state index contributed by atoms with van der Waals surface area (Å²) in [6, 6.07) is 5.68. The molecule has 3 N–H and O–H groups in total. The maximum absolute atomic E-state index is 9.17. The van der Waals surface area contributed by atoms with Crippen molar-refractivity contribution >= 4 is 0 Å². The van der Waals surface area contributed by atoms with Crippen LogP contribution in [0.1, 0.15) is 19.4 Å². The second-order valence-corrected chi connectivity index (χ2v) is 4.20. The van der Waals surface area contributed by atoms with Gasteiger partial charge >= 0.3 is 6.16 Å². The largest absolute Gasteiger partial charge is 0.505 e. The first kappa shape index (κ1) is 12.2. The molecule has 5 heteroatoms. The zero-order valence-corrected chi connectivity index (χ0v) is 9.93. The fourth-order valence-electron chi connectivity index (χ4n) is 1.93. The van der Waals surface area contributed by atoms with E-state index in [0.717, 1.165) is 18.5 Å². The molecular weight excluding hydrogens is 222 g/mol. The summed E-state index contributed by atoms with van der Waals surface area (Å²) in [5.41, 5.74) is 1.05. The molecule has 1 aliphatic heterocycles. The molecule has 17 heavy (non-hydrogen) atoms. The van der Waals surface area contributed by atoms with Gasteiger partial charge in [-0.1, -0.05) is 13.0 Å². The first-order chi connectivity index (χ1) is 8.00. The van der Waals surface area contributed by atoms with Crippen LogP contribution in [0.15, 0.2) is 18.2 Å². The van der Waals surface area contributed by atoms with Crippen molar-refractivity contribution in [1.29, 1.82) is 0 Å². The van der Waals surface area contributed by atoms with Crippen molar-refractivity contribution < 1.29 is 19.7 Å². The van der Waals surface area contributed by atoms with Crippen LogP contribution in [-0.4, -0.2) is 29.0 Å². The number of nitrogens with one attached hydrogen (secondary N) is 1. The van der Waals surface area contributed by atoms with Gasteiger partial charge in [0.15, 0.2) is 11.5 Å².